The Morgan fingerprint density at radius 2 is 1.86 bits per heavy atom. The van der Waals surface area contributed by atoms with Crippen LogP contribution in [0.5, 0.6) is 0 Å². The van der Waals surface area contributed by atoms with Gasteiger partial charge in [0, 0.05) is 32.8 Å². The van der Waals surface area contributed by atoms with E-state index in [1.807, 2.05) is 37.4 Å². The van der Waals surface area contributed by atoms with Crippen molar-refractivity contribution in [3.8, 4) is 0 Å². The molecule has 0 aliphatic carbocycles. The molecule has 112 valence electrons. The average molecular weight is 333 g/mol. The van der Waals surface area contributed by atoms with Crippen LogP contribution in [0, 0.1) is 6.92 Å². The molecular formula is C17H14Cl2N2O. The number of hydrogen-bond donors (Lipinski definition) is 2. The van der Waals surface area contributed by atoms with Crippen molar-refractivity contribution < 1.29 is 4.79 Å². The fourth-order valence-corrected chi connectivity index (χ4v) is 2.74. The molecule has 0 radical (unpaired) electrons. The highest BCUT2D eigenvalue weighted by Crippen LogP contribution is 2.24. The van der Waals surface area contributed by atoms with E-state index in [0.717, 1.165) is 27.7 Å². The van der Waals surface area contributed by atoms with Crippen molar-refractivity contribution in [2.75, 3.05) is 5.32 Å². The van der Waals surface area contributed by atoms with Gasteiger partial charge in [0.15, 0.2) is 0 Å². The lowest BCUT2D eigenvalue weighted by atomic mass is 10.1. The Bertz CT molecular complexity index is 855. The topological polar surface area (TPSA) is 44.9 Å². The molecule has 2 N–H and O–H groups in total. The molecule has 0 aliphatic rings. The van der Waals surface area contributed by atoms with Gasteiger partial charge >= 0.3 is 0 Å². The number of benzene rings is 2. The quantitative estimate of drug-likeness (QED) is 0.699. The van der Waals surface area contributed by atoms with Crippen LogP contribution in [0.4, 0.5) is 5.69 Å². The smallest absolute Gasteiger partial charge is 0.228 e. The Kier molecular flexibility index (Phi) is 4.10. The maximum atomic E-state index is 12.3. The van der Waals surface area contributed by atoms with Crippen LogP contribution in [0.15, 0.2) is 42.6 Å². The molecule has 0 saturated heterocycles. The minimum atomic E-state index is -0.0914. The van der Waals surface area contributed by atoms with Crippen molar-refractivity contribution in [3.63, 3.8) is 0 Å². The van der Waals surface area contributed by atoms with E-state index in [-0.39, 0.29) is 12.3 Å². The van der Waals surface area contributed by atoms with Crippen molar-refractivity contribution in [2.24, 2.45) is 0 Å². The Hall–Kier alpha value is -1.97. The van der Waals surface area contributed by atoms with Crippen LogP contribution in [0.1, 0.15) is 11.1 Å². The van der Waals surface area contributed by atoms with Crippen molar-refractivity contribution in [2.45, 2.75) is 13.3 Å². The Balaban J connectivity index is 1.81. The highest BCUT2D eigenvalue weighted by molar-refractivity contribution is 6.31. The zero-order valence-electron chi connectivity index (χ0n) is 11.9. The zero-order valence-corrected chi connectivity index (χ0v) is 13.4. The number of rotatable bonds is 3. The summed E-state index contributed by atoms with van der Waals surface area (Å²) in [6.45, 7) is 1.93. The third-order valence-corrected chi connectivity index (χ3v) is 4.02. The zero-order chi connectivity index (χ0) is 15.7. The molecule has 0 saturated carbocycles. The van der Waals surface area contributed by atoms with Crippen LogP contribution in [0.2, 0.25) is 10.0 Å². The van der Waals surface area contributed by atoms with E-state index in [9.17, 15) is 4.79 Å². The lowest BCUT2D eigenvalue weighted by Gasteiger charge is -2.08. The van der Waals surface area contributed by atoms with E-state index in [4.69, 9.17) is 23.2 Å². The maximum absolute atomic E-state index is 12.3. The van der Waals surface area contributed by atoms with Gasteiger partial charge < -0.3 is 10.3 Å². The summed E-state index contributed by atoms with van der Waals surface area (Å²) in [5.74, 6) is -0.0914. The molecule has 1 amide bonds. The second-order valence-electron chi connectivity index (χ2n) is 5.19. The third kappa shape index (κ3) is 3.11. The highest BCUT2D eigenvalue weighted by Gasteiger charge is 2.11. The number of fused-ring (bicyclic) bond motifs is 1. The van der Waals surface area contributed by atoms with Gasteiger partial charge in [-0.05, 0) is 48.4 Å². The van der Waals surface area contributed by atoms with Crippen molar-refractivity contribution in [1.29, 1.82) is 0 Å². The van der Waals surface area contributed by atoms with Crippen LogP contribution in [-0.2, 0) is 11.2 Å². The number of halogens is 2. The van der Waals surface area contributed by atoms with E-state index in [2.05, 4.69) is 10.3 Å². The summed E-state index contributed by atoms with van der Waals surface area (Å²) in [4.78, 5) is 15.4. The number of carbonyl (C=O) groups is 1. The number of hydrogen-bond acceptors (Lipinski definition) is 1. The number of amides is 1. The SMILES string of the molecule is Cc1ccc(Cl)cc1NC(=O)Cc1c[nH]c2ccc(Cl)cc12. The van der Waals surface area contributed by atoms with E-state index >= 15 is 0 Å². The maximum Gasteiger partial charge on any atom is 0.228 e. The van der Waals surface area contributed by atoms with Crippen LogP contribution in [-0.4, -0.2) is 10.9 Å². The molecule has 22 heavy (non-hydrogen) atoms. The fourth-order valence-electron chi connectivity index (χ4n) is 2.39. The lowest BCUT2D eigenvalue weighted by Crippen LogP contribution is -2.15. The predicted octanol–water partition coefficient (Wildman–Crippen LogP) is 4.96. The van der Waals surface area contributed by atoms with Crippen molar-refractivity contribution in [1.82, 2.24) is 4.98 Å². The second kappa shape index (κ2) is 6.03. The first kappa shape index (κ1) is 14.9. The van der Waals surface area contributed by atoms with Crippen LogP contribution >= 0.6 is 23.2 Å². The summed E-state index contributed by atoms with van der Waals surface area (Å²) in [7, 11) is 0. The molecule has 3 rings (SSSR count). The predicted molar refractivity (Wildman–Crippen MR) is 91.8 cm³/mol. The third-order valence-electron chi connectivity index (χ3n) is 3.55. The summed E-state index contributed by atoms with van der Waals surface area (Å²) in [6.07, 6.45) is 2.11. The van der Waals surface area contributed by atoms with Gasteiger partial charge in [-0.15, -0.1) is 0 Å². The first-order valence-corrected chi connectivity index (χ1v) is 7.60. The molecule has 3 aromatic rings. The normalized spacial score (nSPS) is 10.9. The molecular weight excluding hydrogens is 319 g/mol. The van der Waals surface area contributed by atoms with Gasteiger partial charge in [0.1, 0.15) is 0 Å². The summed E-state index contributed by atoms with van der Waals surface area (Å²) in [6, 6.07) is 11.0. The van der Waals surface area contributed by atoms with Crippen LogP contribution in [0.3, 0.4) is 0 Å². The molecule has 0 atom stereocenters. The van der Waals surface area contributed by atoms with Crippen LogP contribution < -0.4 is 5.32 Å². The minimum Gasteiger partial charge on any atom is -0.361 e. The largest absolute Gasteiger partial charge is 0.361 e. The number of aryl methyl sites for hydroxylation is 1. The van der Waals surface area contributed by atoms with Gasteiger partial charge in [0.25, 0.3) is 0 Å². The molecule has 0 spiro atoms. The number of aromatic nitrogens is 1. The van der Waals surface area contributed by atoms with E-state index < -0.39 is 0 Å². The summed E-state index contributed by atoms with van der Waals surface area (Å²) < 4.78 is 0. The van der Waals surface area contributed by atoms with Gasteiger partial charge in [-0.2, -0.15) is 0 Å². The number of aromatic amines is 1. The standard InChI is InChI=1S/C17H14Cl2N2O/c1-10-2-3-13(19)8-16(10)21-17(22)6-11-9-20-15-5-4-12(18)7-14(11)15/h2-5,7-9,20H,6H2,1H3,(H,21,22). The molecule has 0 unspecified atom stereocenters. The van der Waals surface area contributed by atoms with E-state index in [0.29, 0.717) is 10.0 Å². The molecule has 1 aromatic heterocycles. The van der Waals surface area contributed by atoms with Gasteiger partial charge in [0.05, 0.1) is 6.42 Å². The monoisotopic (exact) mass is 332 g/mol. The Morgan fingerprint density at radius 3 is 2.68 bits per heavy atom. The average Bonchev–Trinajstić information content (AvgIpc) is 2.85. The summed E-state index contributed by atoms with van der Waals surface area (Å²) in [5, 5.41) is 5.11. The second-order valence-corrected chi connectivity index (χ2v) is 6.06. The molecule has 5 heteroatoms. The molecule has 0 bridgehead atoms. The van der Waals surface area contributed by atoms with Crippen molar-refractivity contribution in [3.05, 3.63) is 63.8 Å². The van der Waals surface area contributed by atoms with Crippen LogP contribution in [0.25, 0.3) is 10.9 Å². The lowest BCUT2D eigenvalue weighted by molar-refractivity contribution is -0.115. The first-order chi connectivity index (χ1) is 10.5. The Labute approximate surface area is 138 Å². The first-order valence-electron chi connectivity index (χ1n) is 6.84. The van der Waals surface area contributed by atoms with Crippen molar-refractivity contribution >= 4 is 45.7 Å². The van der Waals surface area contributed by atoms with Gasteiger partial charge in [-0.25, -0.2) is 0 Å². The molecule has 0 fully saturated rings. The number of carbonyl (C=O) groups excluding carboxylic acids is 1. The molecule has 3 nitrogen and oxygen atoms in total. The number of H-pyrrole nitrogens is 1. The Morgan fingerprint density at radius 1 is 1.14 bits per heavy atom. The van der Waals surface area contributed by atoms with Gasteiger partial charge in [-0.3, -0.25) is 4.79 Å². The summed E-state index contributed by atoms with van der Waals surface area (Å²) >= 11 is 12.0. The minimum absolute atomic E-state index is 0.0914. The van der Waals surface area contributed by atoms with Gasteiger partial charge in [0.2, 0.25) is 5.91 Å². The highest BCUT2D eigenvalue weighted by atomic mass is 35.5. The molecule has 2 aromatic carbocycles. The number of nitrogens with one attached hydrogen (secondary N) is 2. The molecule has 1 heterocycles. The van der Waals surface area contributed by atoms with Gasteiger partial charge in [-0.1, -0.05) is 29.3 Å². The fraction of sp³-hybridized carbons (Fsp3) is 0.118. The van der Waals surface area contributed by atoms with E-state index in [1.54, 1.807) is 12.1 Å². The van der Waals surface area contributed by atoms with E-state index in [1.165, 1.54) is 0 Å². The summed E-state index contributed by atoms with van der Waals surface area (Å²) in [5.41, 5.74) is 3.58. The molecule has 0 aliphatic heterocycles. The number of anilines is 1.